The van der Waals surface area contributed by atoms with E-state index in [0.717, 1.165) is 47.9 Å². The van der Waals surface area contributed by atoms with Crippen LogP contribution in [0.25, 0.3) is 11.0 Å². The summed E-state index contributed by atoms with van der Waals surface area (Å²) in [7, 11) is 0. The molecule has 0 bridgehead atoms. The number of para-hydroxylation sites is 1. The lowest BCUT2D eigenvalue weighted by Crippen LogP contribution is -2.25. The zero-order chi connectivity index (χ0) is 20.9. The molecule has 0 radical (unpaired) electrons. The number of halogens is 1. The molecule has 30 heavy (non-hydrogen) atoms. The van der Waals surface area contributed by atoms with Crippen LogP contribution >= 0.6 is 0 Å². The fourth-order valence-corrected chi connectivity index (χ4v) is 4.00. The molecule has 0 atom stereocenters. The Balaban J connectivity index is 1.60. The van der Waals surface area contributed by atoms with Crippen LogP contribution in [0.15, 0.2) is 36.4 Å². The van der Waals surface area contributed by atoms with Gasteiger partial charge in [-0.25, -0.2) is 9.37 Å². The zero-order valence-electron chi connectivity index (χ0n) is 17.5. The van der Waals surface area contributed by atoms with Gasteiger partial charge in [-0.2, -0.15) is 0 Å². The van der Waals surface area contributed by atoms with Gasteiger partial charge in [-0.1, -0.05) is 18.2 Å². The van der Waals surface area contributed by atoms with Crippen LogP contribution in [0.3, 0.4) is 0 Å². The molecule has 1 aliphatic heterocycles. The summed E-state index contributed by atoms with van der Waals surface area (Å²) in [6.07, 6.45) is 2.55. The highest BCUT2D eigenvalue weighted by molar-refractivity contribution is 5.84. The van der Waals surface area contributed by atoms with Crippen LogP contribution in [0, 0.1) is 12.7 Å². The molecule has 1 fully saturated rings. The van der Waals surface area contributed by atoms with E-state index >= 15 is 0 Å². The number of likely N-dealkylation sites (tertiary alicyclic amines) is 1. The van der Waals surface area contributed by atoms with E-state index < -0.39 is 0 Å². The van der Waals surface area contributed by atoms with Gasteiger partial charge in [0.15, 0.2) is 0 Å². The maximum Gasteiger partial charge on any atom is 0.204 e. The van der Waals surface area contributed by atoms with E-state index in [1.54, 1.807) is 6.92 Å². The largest absolute Gasteiger partial charge is 0.490 e. The number of hydrogen-bond donors (Lipinski definition) is 2. The Morgan fingerprint density at radius 2 is 2.03 bits per heavy atom. The Morgan fingerprint density at radius 1 is 1.20 bits per heavy atom. The number of aryl methyl sites for hydroxylation is 1. The lowest BCUT2D eigenvalue weighted by Gasteiger charge is -2.15. The van der Waals surface area contributed by atoms with Gasteiger partial charge in [0.2, 0.25) is 5.95 Å². The molecule has 3 N–H and O–H groups in total. The summed E-state index contributed by atoms with van der Waals surface area (Å²) in [5, 5.41) is 3.32. The number of anilines is 1. The molecule has 2 heterocycles. The highest BCUT2D eigenvalue weighted by Crippen LogP contribution is 2.29. The number of nitrogens with zero attached hydrogens (tertiary/aromatic N) is 3. The molecular weight excluding hydrogens is 381 g/mol. The van der Waals surface area contributed by atoms with Gasteiger partial charge in [0.25, 0.3) is 0 Å². The van der Waals surface area contributed by atoms with Crippen molar-refractivity contribution in [1.82, 2.24) is 14.5 Å². The molecule has 1 aliphatic rings. The average molecular weight is 412 g/mol. The molecule has 0 spiro atoms. The predicted molar refractivity (Wildman–Crippen MR) is 119 cm³/mol. The molecule has 4 rings (SSSR count). The lowest BCUT2D eigenvalue weighted by atomic mass is 10.1. The monoisotopic (exact) mass is 411 g/mol. The van der Waals surface area contributed by atoms with E-state index in [1.165, 1.54) is 18.9 Å². The number of nitrogens with one attached hydrogen (secondary N) is 1. The van der Waals surface area contributed by atoms with Crippen LogP contribution in [0.4, 0.5) is 10.3 Å². The maximum atomic E-state index is 13.7. The number of hydrogen-bond acceptors (Lipinski definition) is 5. The number of imidazole rings is 1. The summed E-state index contributed by atoms with van der Waals surface area (Å²) < 4.78 is 21.9. The number of rotatable bonds is 9. The topological polar surface area (TPSA) is 68.3 Å². The predicted octanol–water partition coefficient (Wildman–Crippen LogP) is 3.38. The van der Waals surface area contributed by atoms with Crippen molar-refractivity contribution in [1.29, 1.82) is 0 Å². The summed E-state index contributed by atoms with van der Waals surface area (Å²) in [6.45, 7) is 7.40. The normalized spacial score (nSPS) is 14.5. The summed E-state index contributed by atoms with van der Waals surface area (Å²) in [5.74, 6) is 1.34. The van der Waals surface area contributed by atoms with Crippen molar-refractivity contribution < 1.29 is 9.13 Å². The summed E-state index contributed by atoms with van der Waals surface area (Å²) in [5.41, 5.74) is 9.16. The highest BCUT2D eigenvalue weighted by atomic mass is 19.1. The first-order chi connectivity index (χ1) is 14.7. The van der Waals surface area contributed by atoms with Crippen LogP contribution in [0.2, 0.25) is 0 Å². The molecule has 0 aliphatic carbocycles. The maximum absolute atomic E-state index is 13.7. The number of nitrogens with two attached hydrogens (primary N) is 1. The second-order valence-corrected chi connectivity index (χ2v) is 7.84. The first kappa shape index (κ1) is 20.6. The first-order valence-corrected chi connectivity index (χ1v) is 10.7. The average Bonchev–Trinajstić information content (AvgIpc) is 3.38. The molecule has 1 saturated heterocycles. The molecule has 6 nitrogen and oxygen atoms in total. The van der Waals surface area contributed by atoms with Crippen LogP contribution < -0.4 is 15.8 Å². The SMILES string of the molecule is Cc1cc(Cn2c(NCCN)nc3c(OCCN4CCCC4)cccc32)ccc1F. The van der Waals surface area contributed by atoms with Crippen molar-refractivity contribution in [3.8, 4) is 5.75 Å². The first-order valence-electron chi connectivity index (χ1n) is 10.7. The van der Waals surface area contributed by atoms with Gasteiger partial charge in [0.1, 0.15) is 23.7 Å². The van der Waals surface area contributed by atoms with Crippen molar-refractivity contribution in [2.24, 2.45) is 5.73 Å². The van der Waals surface area contributed by atoms with Crippen LogP contribution in [-0.4, -0.2) is 53.8 Å². The Kier molecular flexibility index (Phi) is 6.50. The zero-order valence-corrected chi connectivity index (χ0v) is 17.5. The minimum absolute atomic E-state index is 0.190. The lowest BCUT2D eigenvalue weighted by molar-refractivity contribution is 0.239. The minimum Gasteiger partial charge on any atom is -0.490 e. The van der Waals surface area contributed by atoms with E-state index in [2.05, 4.69) is 14.8 Å². The van der Waals surface area contributed by atoms with Gasteiger partial charge in [-0.05, 0) is 62.2 Å². The van der Waals surface area contributed by atoms with Crippen molar-refractivity contribution in [3.05, 3.63) is 53.3 Å². The van der Waals surface area contributed by atoms with Gasteiger partial charge >= 0.3 is 0 Å². The number of benzene rings is 2. The van der Waals surface area contributed by atoms with Gasteiger partial charge < -0.3 is 20.4 Å². The van der Waals surface area contributed by atoms with Crippen molar-refractivity contribution in [3.63, 3.8) is 0 Å². The Morgan fingerprint density at radius 3 is 2.80 bits per heavy atom. The third-order valence-corrected chi connectivity index (χ3v) is 5.60. The van der Waals surface area contributed by atoms with Crippen molar-refractivity contribution in [2.45, 2.75) is 26.3 Å². The van der Waals surface area contributed by atoms with E-state index in [9.17, 15) is 4.39 Å². The standard InChI is InChI=1S/C23H30FN5O/c1-17-15-18(7-8-19(17)24)16-29-20-5-4-6-21(22(20)27-23(29)26-10-9-25)30-14-13-28-11-2-3-12-28/h4-8,15H,2-3,9-14,16,25H2,1H3,(H,26,27). The number of ether oxygens (including phenoxy) is 1. The fourth-order valence-electron chi connectivity index (χ4n) is 4.00. The molecule has 160 valence electrons. The third kappa shape index (κ3) is 4.57. The van der Waals surface area contributed by atoms with Crippen LogP contribution in [-0.2, 0) is 6.54 Å². The molecule has 7 heteroatoms. The van der Waals surface area contributed by atoms with E-state index in [1.807, 2.05) is 30.3 Å². The Bertz CT molecular complexity index is 997. The highest BCUT2D eigenvalue weighted by Gasteiger charge is 2.16. The third-order valence-electron chi connectivity index (χ3n) is 5.60. The molecule has 3 aromatic rings. The fraction of sp³-hybridized carbons (Fsp3) is 0.435. The van der Waals surface area contributed by atoms with E-state index in [0.29, 0.717) is 31.8 Å². The summed E-state index contributed by atoms with van der Waals surface area (Å²) in [6, 6.07) is 11.2. The quantitative estimate of drug-likeness (QED) is 0.565. The second kappa shape index (κ2) is 9.45. The van der Waals surface area contributed by atoms with Crippen LogP contribution in [0.5, 0.6) is 5.75 Å². The Labute approximate surface area is 176 Å². The van der Waals surface area contributed by atoms with E-state index in [-0.39, 0.29) is 5.82 Å². The molecular formula is C23H30FN5O. The van der Waals surface area contributed by atoms with Crippen molar-refractivity contribution >= 4 is 17.0 Å². The number of fused-ring (bicyclic) bond motifs is 1. The van der Waals surface area contributed by atoms with E-state index in [4.69, 9.17) is 15.5 Å². The minimum atomic E-state index is -0.190. The summed E-state index contributed by atoms with van der Waals surface area (Å²) >= 11 is 0. The molecule has 0 amide bonds. The van der Waals surface area contributed by atoms with Crippen molar-refractivity contribution in [2.75, 3.05) is 44.6 Å². The van der Waals surface area contributed by atoms with Gasteiger partial charge in [0, 0.05) is 19.6 Å². The van der Waals surface area contributed by atoms with Gasteiger partial charge in [-0.3, -0.25) is 4.90 Å². The molecule has 0 unspecified atom stereocenters. The molecule has 2 aromatic carbocycles. The van der Waals surface area contributed by atoms with Crippen LogP contribution in [0.1, 0.15) is 24.0 Å². The number of aromatic nitrogens is 2. The Hall–Kier alpha value is -2.64. The van der Waals surface area contributed by atoms with Gasteiger partial charge in [0.05, 0.1) is 12.1 Å². The smallest absolute Gasteiger partial charge is 0.204 e. The summed E-state index contributed by atoms with van der Waals surface area (Å²) in [4.78, 5) is 7.25. The van der Waals surface area contributed by atoms with Gasteiger partial charge in [-0.15, -0.1) is 0 Å². The second-order valence-electron chi connectivity index (χ2n) is 7.84. The molecule has 0 saturated carbocycles. The molecule has 1 aromatic heterocycles.